The smallest absolute Gasteiger partial charge is 0.232 e. The van der Waals surface area contributed by atoms with Crippen molar-refractivity contribution in [1.29, 1.82) is 0 Å². The van der Waals surface area contributed by atoms with Crippen LogP contribution in [0.25, 0.3) is 0 Å². The minimum atomic E-state index is -0.521. The quantitative estimate of drug-likeness (QED) is 0.945. The van der Waals surface area contributed by atoms with Gasteiger partial charge in [0.2, 0.25) is 11.8 Å². The Morgan fingerprint density at radius 1 is 1.41 bits per heavy atom. The monoisotopic (exact) mass is 319 g/mol. The van der Waals surface area contributed by atoms with Crippen LogP contribution in [0, 0.1) is 11.7 Å². The number of anilines is 1. The molecule has 1 aliphatic rings. The highest BCUT2D eigenvalue weighted by atomic mass is 32.1. The van der Waals surface area contributed by atoms with E-state index in [2.05, 4.69) is 10.3 Å². The van der Waals surface area contributed by atoms with Gasteiger partial charge >= 0.3 is 0 Å². The Balaban J connectivity index is 1.86. The van der Waals surface area contributed by atoms with E-state index in [1.807, 2.05) is 0 Å². The van der Waals surface area contributed by atoms with E-state index in [0.29, 0.717) is 5.13 Å². The average molecular weight is 319 g/mol. The lowest BCUT2D eigenvalue weighted by Gasteiger charge is -2.24. The highest BCUT2D eigenvalue weighted by Gasteiger charge is 2.42. The molecule has 22 heavy (non-hydrogen) atoms. The van der Waals surface area contributed by atoms with E-state index in [1.165, 1.54) is 23.5 Å². The van der Waals surface area contributed by atoms with Gasteiger partial charge in [0.15, 0.2) is 5.13 Å². The Bertz CT molecular complexity index is 687. The van der Waals surface area contributed by atoms with Crippen LogP contribution in [0.15, 0.2) is 35.8 Å². The fourth-order valence-electron chi connectivity index (χ4n) is 2.70. The Morgan fingerprint density at radius 2 is 2.14 bits per heavy atom. The molecular formula is C15H14FN3O2S. The first-order valence-electron chi connectivity index (χ1n) is 6.78. The zero-order valence-corrected chi connectivity index (χ0v) is 12.6. The molecule has 1 N–H and O–H groups in total. The van der Waals surface area contributed by atoms with E-state index >= 15 is 0 Å². The average Bonchev–Trinajstić information content (AvgIpc) is 3.10. The molecule has 0 radical (unpaired) electrons. The first-order valence-corrected chi connectivity index (χ1v) is 7.65. The first kappa shape index (κ1) is 14.6. The van der Waals surface area contributed by atoms with E-state index in [1.54, 1.807) is 35.7 Å². The van der Waals surface area contributed by atoms with Gasteiger partial charge in [0, 0.05) is 25.0 Å². The highest BCUT2D eigenvalue weighted by Crippen LogP contribution is 2.37. The summed E-state index contributed by atoms with van der Waals surface area (Å²) in [6.07, 6.45) is 1.74. The second-order valence-corrected chi connectivity index (χ2v) is 6.03. The van der Waals surface area contributed by atoms with Gasteiger partial charge in [0.05, 0.1) is 12.0 Å². The maximum Gasteiger partial charge on any atom is 0.232 e. The van der Waals surface area contributed by atoms with E-state index in [-0.39, 0.29) is 24.1 Å². The van der Waals surface area contributed by atoms with Crippen molar-refractivity contribution in [2.24, 2.45) is 5.92 Å². The molecule has 0 aliphatic carbocycles. The van der Waals surface area contributed by atoms with Crippen molar-refractivity contribution in [3.8, 4) is 0 Å². The highest BCUT2D eigenvalue weighted by molar-refractivity contribution is 7.13. The summed E-state index contributed by atoms with van der Waals surface area (Å²) in [5.41, 5.74) is 0.744. The summed E-state index contributed by atoms with van der Waals surface area (Å²) in [7, 11) is 1.66. The third-order valence-electron chi connectivity index (χ3n) is 3.80. The molecule has 5 nitrogen and oxygen atoms in total. The predicted molar refractivity (Wildman–Crippen MR) is 80.8 cm³/mol. The second-order valence-electron chi connectivity index (χ2n) is 5.14. The minimum Gasteiger partial charge on any atom is -0.338 e. The SMILES string of the molecule is CN1C(=O)C[C@H](C(=O)Nc2nccs2)[C@H]1c1ccc(F)cc1. The molecule has 1 aromatic carbocycles. The van der Waals surface area contributed by atoms with Crippen LogP contribution in [0.3, 0.4) is 0 Å². The van der Waals surface area contributed by atoms with E-state index in [0.717, 1.165) is 5.56 Å². The molecule has 2 amide bonds. The van der Waals surface area contributed by atoms with Gasteiger partial charge < -0.3 is 10.2 Å². The summed E-state index contributed by atoms with van der Waals surface area (Å²) in [5, 5.41) is 5.00. The number of amides is 2. The molecular weight excluding hydrogens is 305 g/mol. The number of aromatic nitrogens is 1. The molecule has 7 heteroatoms. The lowest BCUT2D eigenvalue weighted by atomic mass is 9.93. The van der Waals surface area contributed by atoms with Gasteiger partial charge in [-0.05, 0) is 17.7 Å². The molecule has 0 unspecified atom stereocenters. The molecule has 1 aromatic heterocycles. The van der Waals surface area contributed by atoms with Crippen LogP contribution in [-0.2, 0) is 9.59 Å². The number of hydrogen-bond acceptors (Lipinski definition) is 4. The van der Waals surface area contributed by atoms with Crippen LogP contribution in [0.4, 0.5) is 9.52 Å². The molecule has 0 saturated carbocycles. The maximum atomic E-state index is 13.1. The standard InChI is InChI=1S/C15H14FN3O2S/c1-19-12(20)8-11(14(21)18-15-17-6-7-22-15)13(19)9-2-4-10(16)5-3-9/h2-7,11,13H,8H2,1H3,(H,17,18,21)/t11-,13+/m0/s1. The molecule has 1 aliphatic heterocycles. The normalized spacial score (nSPS) is 21.2. The Hall–Kier alpha value is -2.28. The topological polar surface area (TPSA) is 62.3 Å². The van der Waals surface area contributed by atoms with E-state index in [9.17, 15) is 14.0 Å². The summed E-state index contributed by atoms with van der Waals surface area (Å²) < 4.78 is 13.1. The Kier molecular flexibility index (Phi) is 3.89. The van der Waals surface area contributed by atoms with Gasteiger partial charge in [-0.1, -0.05) is 12.1 Å². The van der Waals surface area contributed by atoms with Gasteiger partial charge in [0.1, 0.15) is 5.82 Å². The molecule has 0 bridgehead atoms. The number of carbonyl (C=O) groups is 2. The van der Waals surface area contributed by atoms with Crippen molar-refractivity contribution in [1.82, 2.24) is 9.88 Å². The van der Waals surface area contributed by atoms with Gasteiger partial charge in [0.25, 0.3) is 0 Å². The molecule has 3 rings (SSSR count). The van der Waals surface area contributed by atoms with E-state index in [4.69, 9.17) is 0 Å². The van der Waals surface area contributed by atoms with Crippen molar-refractivity contribution in [2.45, 2.75) is 12.5 Å². The fraction of sp³-hybridized carbons (Fsp3) is 0.267. The summed E-state index contributed by atoms with van der Waals surface area (Å²) in [4.78, 5) is 30.0. The fourth-order valence-corrected chi connectivity index (χ4v) is 3.24. The Labute approximate surface area is 130 Å². The number of carbonyl (C=O) groups excluding carboxylic acids is 2. The number of nitrogens with one attached hydrogen (secondary N) is 1. The summed E-state index contributed by atoms with van der Waals surface area (Å²) >= 11 is 1.32. The van der Waals surface area contributed by atoms with Crippen molar-refractivity contribution in [3.63, 3.8) is 0 Å². The number of benzene rings is 1. The second kappa shape index (κ2) is 5.84. The number of hydrogen-bond donors (Lipinski definition) is 1. The maximum absolute atomic E-state index is 13.1. The van der Waals surface area contributed by atoms with Crippen molar-refractivity contribution < 1.29 is 14.0 Å². The largest absolute Gasteiger partial charge is 0.338 e. The number of halogens is 1. The van der Waals surface area contributed by atoms with Gasteiger partial charge in [-0.15, -0.1) is 11.3 Å². The summed E-state index contributed by atoms with van der Waals surface area (Å²) in [6, 6.07) is 5.49. The number of nitrogens with zero attached hydrogens (tertiary/aromatic N) is 2. The minimum absolute atomic E-state index is 0.103. The van der Waals surface area contributed by atoms with Crippen LogP contribution in [0.2, 0.25) is 0 Å². The molecule has 2 atom stereocenters. The lowest BCUT2D eigenvalue weighted by Crippen LogP contribution is -2.30. The predicted octanol–water partition coefficient (Wildman–Crippen LogP) is 2.44. The van der Waals surface area contributed by atoms with Crippen LogP contribution in [0.1, 0.15) is 18.0 Å². The number of rotatable bonds is 3. The van der Waals surface area contributed by atoms with Crippen LogP contribution < -0.4 is 5.32 Å². The zero-order chi connectivity index (χ0) is 15.7. The van der Waals surface area contributed by atoms with Gasteiger partial charge in [-0.25, -0.2) is 9.37 Å². The molecule has 1 saturated heterocycles. The summed E-state index contributed by atoms with van der Waals surface area (Å²) in [6.45, 7) is 0. The van der Waals surface area contributed by atoms with Gasteiger partial charge in [-0.3, -0.25) is 9.59 Å². The molecule has 114 valence electrons. The summed E-state index contributed by atoms with van der Waals surface area (Å²) in [5.74, 6) is -1.22. The molecule has 1 fully saturated rings. The zero-order valence-electron chi connectivity index (χ0n) is 11.8. The first-order chi connectivity index (χ1) is 10.6. The van der Waals surface area contributed by atoms with Crippen LogP contribution >= 0.6 is 11.3 Å². The van der Waals surface area contributed by atoms with Crippen molar-refractivity contribution >= 4 is 28.3 Å². The van der Waals surface area contributed by atoms with Gasteiger partial charge in [-0.2, -0.15) is 0 Å². The lowest BCUT2D eigenvalue weighted by molar-refractivity contribution is -0.127. The van der Waals surface area contributed by atoms with E-state index < -0.39 is 12.0 Å². The molecule has 0 spiro atoms. The van der Waals surface area contributed by atoms with Crippen LogP contribution in [-0.4, -0.2) is 28.7 Å². The number of thiazole rings is 1. The third kappa shape index (κ3) is 2.71. The molecule has 2 heterocycles. The van der Waals surface area contributed by atoms with Crippen LogP contribution in [0.5, 0.6) is 0 Å². The molecule has 2 aromatic rings. The third-order valence-corrected chi connectivity index (χ3v) is 4.49. The Morgan fingerprint density at radius 3 is 2.77 bits per heavy atom. The van der Waals surface area contributed by atoms with Crippen molar-refractivity contribution in [3.05, 3.63) is 47.2 Å². The van der Waals surface area contributed by atoms with Crippen molar-refractivity contribution in [2.75, 3.05) is 12.4 Å². The number of likely N-dealkylation sites (tertiary alicyclic amines) is 1.